The van der Waals surface area contributed by atoms with Gasteiger partial charge < -0.3 is 16.2 Å². The summed E-state index contributed by atoms with van der Waals surface area (Å²) in [6.07, 6.45) is 2.88. The monoisotopic (exact) mass is 426 g/mol. The van der Waals surface area contributed by atoms with Crippen LogP contribution in [0.25, 0.3) is 0 Å². The smallest absolute Gasteiger partial charge is 0.251 e. The van der Waals surface area contributed by atoms with Gasteiger partial charge in [-0.15, -0.1) is 0 Å². The lowest BCUT2D eigenvalue weighted by atomic mass is 9.79. The van der Waals surface area contributed by atoms with Gasteiger partial charge in [0.1, 0.15) is 17.7 Å². The van der Waals surface area contributed by atoms with Crippen molar-refractivity contribution in [1.29, 1.82) is 5.41 Å². The number of allylic oxidation sites excluding steroid dienone is 3. The Morgan fingerprint density at radius 2 is 1.97 bits per heavy atom. The molecule has 2 rings (SSSR count). The fraction of sp³-hybridized carbons (Fsp3) is 0.261. The topological polar surface area (TPSA) is 120 Å². The van der Waals surface area contributed by atoms with Crippen LogP contribution in [-0.4, -0.2) is 46.8 Å². The van der Waals surface area contributed by atoms with Crippen molar-refractivity contribution in [2.45, 2.75) is 25.8 Å². The number of nitrogens with zero attached hydrogens (tertiary/aromatic N) is 1. The number of aliphatic hydroxyl groups is 1. The highest BCUT2D eigenvalue weighted by molar-refractivity contribution is 6.14. The number of carbonyl (C=O) groups excluding carboxylic acids is 2. The molecule has 0 bridgehead atoms. The Morgan fingerprint density at radius 3 is 2.45 bits per heavy atom. The zero-order chi connectivity index (χ0) is 23.3. The zero-order valence-corrected chi connectivity index (χ0v) is 17.6. The van der Waals surface area contributed by atoms with Crippen LogP contribution in [0.2, 0.25) is 0 Å². The van der Waals surface area contributed by atoms with E-state index in [-0.39, 0.29) is 30.3 Å². The number of hydrogen-bond acceptors (Lipinski definition) is 5. The van der Waals surface area contributed by atoms with Crippen LogP contribution in [0.3, 0.4) is 0 Å². The number of likely N-dealkylation sites (tertiary alicyclic amines) is 1. The molecule has 0 spiro atoms. The molecule has 1 aliphatic heterocycles. The molecule has 2 atom stereocenters. The molecule has 8 heteroatoms. The van der Waals surface area contributed by atoms with E-state index >= 15 is 0 Å². The van der Waals surface area contributed by atoms with Gasteiger partial charge in [-0.25, -0.2) is 4.39 Å². The van der Waals surface area contributed by atoms with Gasteiger partial charge in [0.2, 0.25) is 0 Å². The maximum Gasteiger partial charge on any atom is 0.251 e. The number of halogens is 1. The Hall–Kier alpha value is -3.52. The number of amidine groups is 1. The molecule has 0 aromatic heterocycles. The molecule has 1 aliphatic rings. The van der Waals surface area contributed by atoms with Crippen molar-refractivity contribution >= 4 is 17.6 Å². The van der Waals surface area contributed by atoms with E-state index < -0.39 is 29.6 Å². The SMILES string of the molecule is C=C/C(=C\C(=C)C)C(=O)N[C@@H]1C(=O)N(CCO)C(=N)/C(=C(/C)N)[C@@H]1c1ccc(F)cc1. The van der Waals surface area contributed by atoms with Crippen LogP contribution in [0.1, 0.15) is 25.3 Å². The van der Waals surface area contributed by atoms with E-state index in [0.717, 1.165) is 4.90 Å². The number of β-amino-alcohol motifs (C(OH)–C–C–N with tert-alkyl or cyclic N) is 1. The number of hydrogen-bond donors (Lipinski definition) is 4. The molecule has 1 aromatic rings. The van der Waals surface area contributed by atoms with E-state index in [9.17, 15) is 19.1 Å². The number of benzene rings is 1. The molecule has 0 saturated carbocycles. The Kier molecular flexibility index (Phi) is 7.66. The van der Waals surface area contributed by atoms with Crippen molar-refractivity contribution in [3.8, 4) is 0 Å². The largest absolute Gasteiger partial charge is 0.402 e. The summed E-state index contributed by atoms with van der Waals surface area (Å²) >= 11 is 0. The van der Waals surface area contributed by atoms with E-state index in [1.54, 1.807) is 13.8 Å². The van der Waals surface area contributed by atoms with Crippen LogP contribution in [-0.2, 0) is 9.59 Å². The summed E-state index contributed by atoms with van der Waals surface area (Å²) in [5, 5.41) is 20.6. The predicted octanol–water partition coefficient (Wildman–Crippen LogP) is 2.13. The molecule has 2 amide bonds. The predicted molar refractivity (Wildman–Crippen MR) is 118 cm³/mol. The lowest BCUT2D eigenvalue weighted by molar-refractivity contribution is -0.133. The Labute approximate surface area is 180 Å². The van der Waals surface area contributed by atoms with E-state index in [0.29, 0.717) is 16.7 Å². The lowest BCUT2D eigenvalue weighted by Gasteiger charge is -2.40. The third-order valence-electron chi connectivity index (χ3n) is 4.85. The standard InChI is InChI=1S/C23H27FN4O3/c1-5-15(12-13(2)3)22(30)27-20-19(16-6-8-17(24)9-7-16)18(14(4)25)21(26)28(10-11-29)23(20)31/h5-9,12,19-20,26,29H,1-2,10-11,25H2,3-4H3,(H,27,30)/b15-12+,18-14-,26-21?/t19-,20-/m0/s1. The number of carbonyl (C=O) groups is 2. The zero-order valence-electron chi connectivity index (χ0n) is 17.6. The minimum atomic E-state index is -1.14. The highest BCUT2D eigenvalue weighted by Gasteiger charge is 2.45. The van der Waals surface area contributed by atoms with Gasteiger partial charge in [-0.1, -0.05) is 36.9 Å². The third-order valence-corrected chi connectivity index (χ3v) is 4.85. The second-order valence-corrected chi connectivity index (χ2v) is 7.29. The van der Waals surface area contributed by atoms with E-state index in [2.05, 4.69) is 18.5 Å². The van der Waals surface area contributed by atoms with Crippen molar-refractivity contribution in [3.63, 3.8) is 0 Å². The molecule has 0 radical (unpaired) electrons. The quantitative estimate of drug-likeness (QED) is 0.394. The minimum Gasteiger partial charge on any atom is -0.402 e. The minimum absolute atomic E-state index is 0.132. The number of rotatable bonds is 7. The van der Waals surface area contributed by atoms with Crippen molar-refractivity contribution < 1.29 is 19.1 Å². The molecule has 0 aliphatic carbocycles. The van der Waals surface area contributed by atoms with Gasteiger partial charge >= 0.3 is 0 Å². The molecule has 0 unspecified atom stereocenters. The van der Waals surface area contributed by atoms with Crippen LogP contribution >= 0.6 is 0 Å². The number of nitrogens with two attached hydrogens (primary N) is 1. The maximum atomic E-state index is 13.5. The van der Waals surface area contributed by atoms with Crippen molar-refractivity contribution in [1.82, 2.24) is 10.2 Å². The van der Waals surface area contributed by atoms with Crippen molar-refractivity contribution in [2.75, 3.05) is 13.2 Å². The van der Waals surface area contributed by atoms with Crippen LogP contribution in [0.4, 0.5) is 4.39 Å². The summed E-state index contributed by atoms with van der Waals surface area (Å²) in [6, 6.07) is 4.32. The molecular weight excluding hydrogens is 399 g/mol. The molecule has 1 saturated heterocycles. The van der Waals surface area contributed by atoms with E-state index in [1.807, 2.05) is 0 Å². The van der Waals surface area contributed by atoms with Crippen molar-refractivity contribution in [2.24, 2.45) is 5.73 Å². The van der Waals surface area contributed by atoms with Crippen molar-refractivity contribution in [3.05, 3.63) is 83.4 Å². The summed E-state index contributed by atoms with van der Waals surface area (Å²) in [5.41, 5.74) is 8.01. The van der Waals surface area contributed by atoms with Gasteiger partial charge in [-0.3, -0.25) is 19.9 Å². The normalized spacial score (nSPS) is 21.0. The molecule has 1 aromatic carbocycles. The molecular formula is C23H27FN4O3. The Morgan fingerprint density at radius 1 is 1.35 bits per heavy atom. The molecule has 1 heterocycles. The van der Waals surface area contributed by atoms with Crippen LogP contribution in [0.5, 0.6) is 0 Å². The fourth-order valence-electron chi connectivity index (χ4n) is 3.52. The lowest BCUT2D eigenvalue weighted by Crippen LogP contribution is -2.59. The summed E-state index contributed by atoms with van der Waals surface area (Å²) in [6.45, 7) is 10.2. The second-order valence-electron chi connectivity index (χ2n) is 7.29. The number of amides is 2. The van der Waals surface area contributed by atoms with Gasteiger partial charge in [0.25, 0.3) is 11.8 Å². The van der Waals surface area contributed by atoms with E-state index in [4.69, 9.17) is 11.1 Å². The molecule has 1 fully saturated rings. The summed E-state index contributed by atoms with van der Waals surface area (Å²) in [4.78, 5) is 27.3. The fourth-order valence-corrected chi connectivity index (χ4v) is 3.52. The molecule has 5 N–H and O–H groups in total. The highest BCUT2D eigenvalue weighted by Crippen LogP contribution is 2.36. The average molecular weight is 426 g/mol. The maximum absolute atomic E-state index is 13.5. The summed E-state index contributed by atoms with van der Waals surface area (Å²) in [7, 11) is 0. The number of nitrogens with one attached hydrogen (secondary N) is 2. The summed E-state index contributed by atoms with van der Waals surface area (Å²) in [5.74, 6) is -2.59. The van der Waals surface area contributed by atoms with Gasteiger partial charge in [-0.2, -0.15) is 0 Å². The van der Waals surface area contributed by atoms with Crippen LogP contribution < -0.4 is 11.1 Å². The van der Waals surface area contributed by atoms with Gasteiger partial charge in [0.05, 0.1) is 13.2 Å². The first-order valence-electron chi connectivity index (χ1n) is 9.65. The number of aliphatic hydroxyl groups excluding tert-OH is 1. The first kappa shape index (κ1) is 23.8. The van der Waals surface area contributed by atoms with Crippen LogP contribution in [0, 0.1) is 11.2 Å². The Bertz CT molecular complexity index is 975. The molecule has 31 heavy (non-hydrogen) atoms. The highest BCUT2D eigenvalue weighted by atomic mass is 19.1. The Balaban J connectivity index is 2.63. The van der Waals surface area contributed by atoms with Gasteiger partial charge in [-0.05, 0) is 37.6 Å². The van der Waals surface area contributed by atoms with E-state index in [1.165, 1.54) is 36.4 Å². The van der Waals surface area contributed by atoms with Crippen LogP contribution in [0.15, 0.2) is 72.0 Å². The van der Waals surface area contributed by atoms with Gasteiger partial charge in [0.15, 0.2) is 0 Å². The van der Waals surface area contributed by atoms with Gasteiger partial charge in [0, 0.05) is 22.8 Å². The number of piperidine rings is 1. The first-order chi connectivity index (χ1) is 14.6. The average Bonchev–Trinajstić information content (AvgIpc) is 2.71. The third kappa shape index (κ3) is 5.16. The molecule has 7 nitrogen and oxygen atoms in total. The summed E-state index contributed by atoms with van der Waals surface area (Å²) < 4.78 is 13.5. The molecule has 164 valence electrons. The second kappa shape index (κ2) is 9.99. The first-order valence-corrected chi connectivity index (χ1v) is 9.65.